The number of nitrogens with two attached hydrogens (primary N) is 1. The van der Waals surface area contributed by atoms with Crippen LogP contribution in [0.5, 0.6) is 0 Å². The number of nitrogens with zero attached hydrogens (tertiary/aromatic N) is 5. The van der Waals surface area contributed by atoms with Crippen molar-refractivity contribution in [3.05, 3.63) is 44.5 Å². The average molecular weight is 404 g/mol. The molecule has 3 aromatic heterocycles. The van der Waals surface area contributed by atoms with Gasteiger partial charge in [-0.1, -0.05) is 11.8 Å². The largest absolute Gasteiger partial charge is 0.469 e. The lowest BCUT2D eigenvalue weighted by atomic mass is 10.1. The summed E-state index contributed by atoms with van der Waals surface area (Å²) in [6.07, 6.45) is 1.57. The van der Waals surface area contributed by atoms with Crippen LogP contribution >= 0.6 is 11.8 Å². The number of ketones is 1. The van der Waals surface area contributed by atoms with Crippen molar-refractivity contribution in [2.24, 2.45) is 21.1 Å². The average Bonchev–Trinajstić information content (AvgIpc) is 3.24. The highest BCUT2D eigenvalue weighted by Crippen LogP contribution is 2.29. The number of aryl methyl sites for hydroxylation is 1. The minimum absolute atomic E-state index is 0.154. The van der Waals surface area contributed by atoms with Crippen LogP contribution in [0.4, 0.5) is 5.82 Å². The number of Topliss-reactive ketones (excluding diaryl/α,β-unsaturated/α-hetero) is 1. The number of hydrogen-bond donors (Lipinski definition) is 1. The van der Waals surface area contributed by atoms with Crippen LogP contribution in [0.1, 0.15) is 23.0 Å². The van der Waals surface area contributed by atoms with Crippen molar-refractivity contribution in [1.29, 1.82) is 0 Å². The van der Waals surface area contributed by atoms with Crippen LogP contribution in [0.25, 0.3) is 11.4 Å². The highest BCUT2D eigenvalue weighted by Gasteiger charge is 2.27. The molecule has 0 saturated heterocycles. The lowest BCUT2D eigenvalue weighted by Crippen LogP contribution is -2.42. The lowest BCUT2D eigenvalue weighted by Gasteiger charge is -2.14. The van der Waals surface area contributed by atoms with Crippen molar-refractivity contribution in [3.63, 3.8) is 0 Å². The van der Waals surface area contributed by atoms with Crippen LogP contribution in [-0.4, -0.2) is 34.9 Å². The molecule has 0 aliphatic rings. The number of furan rings is 1. The standard InChI is InChI=1S/C17H20N6O4S/c1-8-10(6-7-27-8)14-19-20-16(22(14)4)28-9(2)12(24)11-13(18)21(3)17(26)23(5)15(11)25/h6-7,9H,18H2,1-5H3. The number of aromatic nitrogens is 5. The van der Waals surface area contributed by atoms with Gasteiger partial charge in [-0.25, -0.2) is 4.79 Å². The van der Waals surface area contributed by atoms with E-state index in [1.54, 1.807) is 30.9 Å². The molecule has 0 fully saturated rings. The molecule has 1 unspecified atom stereocenters. The number of carbonyl (C=O) groups is 1. The molecular formula is C17H20N6O4S. The van der Waals surface area contributed by atoms with E-state index in [2.05, 4.69) is 10.2 Å². The third kappa shape index (κ3) is 3.07. The van der Waals surface area contributed by atoms with Crippen LogP contribution in [-0.2, 0) is 21.1 Å². The van der Waals surface area contributed by atoms with E-state index in [1.165, 1.54) is 14.1 Å². The maximum atomic E-state index is 12.9. The van der Waals surface area contributed by atoms with E-state index < -0.39 is 22.3 Å². The fraction of sp³-hybridized carbons (Fsp3) is 0.353. The van der Waals surface area contributed by atoms with Gasteiger partial charge < -0.3 is 14.7 Å². The second kappa shape index (κ2) is 7.15. The summed E-state index contributed by atoms with van der Waals surface area (Å²) in [5, 5.41) is 8.12. The molecule has 11 heteroatoms. The van der Waals surface area contributed by atoms with E-state index in [0.717, 1.165) is 26.5 Å². The zero-order valence-electron chi connectivity index (χ0n) is 16.1. The summed E-state index contributed by atoms with van der Waals surface area (Å²) in [6, 6.07) is 1.79. The van der Waals surface area contributed by atoms with Crippen LogP contribution in [0.3, 0.4) is 0 Å². The van der Waals surface area contributed by atoms with Gasteiger partial charge in [-0.3, -0.25) is 18.7 Å². The molecule has 0 amide bonds. The van der Waals surface area contributed by atoms with Gasteiger partial charge in [0.2, 0.25) is 0 Å². The monoisotopic (exact) mass is 404 g/mol. The van der Waals surface area contributed by atoms with E-state index in [-0.39, 0.29) is 11.4 Å². The van der Waals surface area contributed by atoms with Crippen molar-refractivity contribution in [3.8, 4) is 11.4 Å². The Labute approximate surface area is 164 Å². The number of nitrogen functional groups attached to an aromatic ring is 1. The summed E-state index contributed by atoms with van der Waals surface area (Å²) in [5.41, 5.74) is 5.16. The van der Waals surface area contributed by atoms with Gasteiger partial charge in [0.15, 0.2) is 16.8 Å². The molecule has 0 saturated carbocycles. The molecule has 3 heterocycles. The summed E-state index contributed by atoms with van der Waals surface area (Å²) in [5.74, 6) is 0.671. The zero-order valence-corrected chi connectivity index (χ0v) is 16.9. The first kappa shape index (κ1) is 19.7. The zero-order chi connectivity index (χ0) is 20.7. The Balaban J connectivity index is 1.93. The number of carbonyl (C=O) groups excluding carboxylic acids is 1. The quantitative estimate of drug-likeness (QED) is 0.486. The summed E-state index contributed by atoms with van der Waals surface area (Å²) in [6.45, 7) is 3.47. The molecule has 0 bridgehead atoms. The number of anilines is 1. The van der Waals surface area contributed by atoms with Crippen molar-refractivity contribution < 1.29 is 9.21 Å². The second-order valence-corrected chi connectivity index (χ2v) is 7.65. The van der Waals surface area contributed by atoms with Crippen molar-refractivity contribution in [1.82, 2.24) is 23.9 Å². The molecule has 0 aromatic carbocycles. The first-order valence-corrected chi connectivity index (χ1v) is 9.23. The maximum absolute atomic E-state index is 12.9. The SMILES string of the molecule is Cc1occc1-c1nnc(SC(C)C(=O)c2c(N)n(C)c(=O)n(C)c2=O)n1C. The van der Waals surface area contributed by atoms with E-state index in [1.807, 2.05) is 6.92 Å². The van der Waals surface area contributed by atoms with Crippen molar-refractivity contribution in [2.45, 2.75) is 24.3 Å². The highest BCUT2D eigenvalue weighted by molar-refractivity contribution is 8.00. The van der Waals surface area contributed by atoms with Gasteiger partial charge >= 0.3 is 5.69 Å². The number of thioether (sulfide) groups is 1. The predicted octanol–water partition coefficient (Wildman–Crippen LogP) is 0.727. The molecule has 148 valence electrons. The normalized spacial score (nSPS) is 12.3. The minimum Gasteiger partial charge on any atom is -0.469 e. The first-order valence-electron chi connectivity index (χ1n) is 8.35. The van der Waals surface area contributed by atoms with Gasteiger partial charge in [-0.2, -0.15) is 0 Å². The molecule has 1 atom stereocenters. The predicted molar refractivity (Wildman–Crippen MR) is 104 cm³/mol. The third-order valence-electron chi connectivity index (χ3n) is 4.54. The summed E-state index contributed by atoms with van der Waals surface area (Å²) >= 11 is 1.15. The van der Waals surface area contributed by atoms with Gasteiger partial charge in [0, 0.05) is 21.1 Å². The van der Waals surface area contributed by atoms with Crippen LogP contribution in [0, 0.1) is 6.92 Å². The molecule has 0 aliphatic heterocycles. The van der Waals surface area contributed by atoms with Crippen LogP contribution < -0.4 is 17.0 Å². The Morgan fingerprint density at radius 1 is 1.18 bits per heavy atom. The molecule has 3 rings (SSSR count). The number of rotatable bonds is 5. The molecule has 3 aromatic rings. The fourth-order valence-electron chi connectivity index (χ4n) is 2.78. The fourth-order valence-corrected chi connectivity index (χ4v) is 3.65. The molecule has 0 spiro atoms. The topological polar surface area (TPSA) is 131 Å². The van der Waals surface area contributed by atoms with E-state index in [4.69, 9.17) is 10.2 Å². The Bertz CT molecular complexity index is 1190. The Morgan fingerprint density at radius 2 is 1.86 bits per heavy atom. The molecular weight excluding hydrogens is 384 g/mol. The van der Waals surface area contributed by atoms with Gasteiger partial charge in [-0.05, 0) is 19.9 Å². The lowest BCUT2D eigenvalue weighted by molar-refractivity contribution is 0.0992. The third-order valence-corrected chi connectivity index (χ3v) is 5.68. The van der Waals surface area contributed by atoms with Crippen LogP contribution in [0.15, 0.2) is 31.5 Å². The molecule has 28 heavy (non-hydrogen) atoms. The Hall–Kier alpha value is -3.08. The van der Waals surface area contributed by atoms with Crippen molar-refractivity contribution in [2.75, 3.05) is 5.73 Å². The molecule has 0 radical (unpaired) electrons. The Morgan fingerprint density at radius 3 is 2.46 bits per heavy atom. The minimum atomic E-state index is -0.717. The van der Waals surface area contributed by atoms with Gasteiger partial charge in [0.05, 0.1) is 17.1 Å². The molecule has 10 nitrogen and oxygen atoms in total. The van der Waals surface area contributed by atoms with Gasteiger partial charge in [0.25, 0.3) is 5.56 Å². The van der Waals surface area contributed by atoms with E-state index >= 15 is 0 Å². The smallest absolute Gasteiger partial charge is 0.332 e. The van der Waals surface area contributed by atoms with Gasteiger partial charge in [0.1, 0.15) is 17.1 Å². The van der Waals surface area contributed by atoms with Crippen molar-refractivity contribution >= 4 is 23.4 Å². The van der Waals surface area contributed by atoms with E-state index in [9.17, 15) is 14.4 Å². The molecule has 0 aliphatic carbocycles. The first-order chi connectivity index (χ1) is 13.1. The second-order valence-electron chi connectivity index (χ2n) is 6.35. The number of hydrogen-bond acceptors (Lipinski definition) is 8. The van der Waals surface area contributed by atoms with Crippen LogP contribution in [0.2, 0.25) is 0 Å². The highest BCUT2D eigenvalue weighted by atomic mass is 32.2. The summed E-state index contributed by atoms with van der Waals surface area (Å²) in [7, 11) is 4.50. The van der Waals surface area contributed by atoms with Gasteiger partial charge in [-0.15, -0.1) is 10.2 Å². The van der Waals surface area contributed by atoms with E-state index in [0.29, 0.717) is 16.7 Å². The molecule has 2 N–H and O–H groups in total. The summed E-state index contributed by atoms with van der Waals surface area (Å²) in [4.78, 5) is 37.3. The Kier molecular flexibility index (Phi) is 5.02. The summed E-state index contributed by atoms with van der Waals surface area (Å²) < 4.78 is 8.98. The maximum Gasteiger partial charge on any atom is 0.332 e.